The molecule has 1 amide bonds. The van der Waals surface area contributed by atoms with E-state index < -0.39 is 6.10 Å². The summed E-state index contributed by atoms with van der Waals surface area (Å²) in [6.07, 6.45) is -0.719. The van der Waals surface area contributed by atoms with E-state index in [1.165, 1.54) is 4.90 Å². The minimum atomic E-state index is -0.719. The van der Waals surface area contributed by atoms with Crippen LogP contribution in [0.15, 0.2) is 53.1 Å². The van der Waals surface area contributed by atoms with Crippen LogP contribution in [0.3, 0.4) is 0 Å². The van der Waals surface area contributed by atoms with E-state index >= 15 is 0 Å². The second-order valence-electron chi connectivity index (χ2n) is 6.08. The summed E-state index contributed by atoms with van der Waals surface area (Å²) in [7, 11) is 1.65. The van der Waals surface area contributed by atoms with Gasteiger partial charge in [0.15, 0.2) is 11.5 Å². The van der Waals surface area contributed by atoms with Crippen LogP contribution in [0, 0.1) is 0 Å². The number of amides is 1. The van der Waals surface area contributed by atoms with Gasteiger partial charge in [0, 0.05) is 17.6 Å². The van der Waals surface area contributed by atoms with Gasteiger partial charge in [-0.25, -0.2) is 0 Å². The van der Waals surface area contributed by atoms with Gasteiger partial charge in [-0.1, -0.05) is 28.9 Å². The smallest absolute Gasteiger partial charge is 0.267 e. The number of aromatic nitrogens is 2. The van der Waals surface area contributed by atoms with E-state index in [-0.39, 0.29) is 19.1 Å². The third-order valence-corrected chi connectivity index (χ3v) is 4.36. The quantitative estimate of drug-likeness (QED) is 0.686. The molecule has 0 saturated carbocycles. The van der Waals surface area contributed by atoms with Crippen molar-refractivity contribution in [1.82, 2.24) is 15.0 Å². The van der Waals surface area contributed by atoms with Gasteiger partial charge in [-0.15, -0.1) is 0 Å². The average Bonchev–Trinajstić information content (AvgIpc) is 3.16. The van der Waals surface area contributed by atoms with Gasteiger partial charge in [0.05, 0.1) is 6.54 Å². The lowest BCUT2D eigenvalue weighted by Gasteiger charge is -2.28. The van der Waals surface area contributed by atoms with Crippen molar-refractivity contribution in [2.45, 2.75) is 12.6 Å². The normalized spacial score (nSPS) is 15.4. The van der Waals surface area contributed by atoms with Crippen LogP contribution >= 0.6 is 11.6 Å². The predicted octanol–water partition coefficient (Wildman–Crippen LogP) is 3.19. The number of hydrogen-bond donors (Lipinski definition) is 0. The van der Waals surface area contributed by atoms with Crippen LogP contribution in [0.2, 0.25) is 5.02 Å². The summed E-state index contributed by atoms with van der Waals surface area (Å²) in [6, 6.07) is 14.4. The summed E-state index contributed by atoms with van der Waals surface area (Å²) in [5, 5.41) is 4.58. The largest absolute Gasteiger partial charge is 0.485 e. The fraction of sp³-hybridized carbons (Fsp3) is 0.211. The minimum Gasteiger partial charge on any atom is -0.485 e. The first-order valence-corrected chi connectivity index (χ1v) is 8.70. The number of nitrogens with zero attached hydrogens (tertiary/aromatic N) is 3. The first-order chi connectivity index (χ1) is 13.1. The third kappa shape index (κ3) is 3.73. The number of hydrogen-bond acceptors (Lipinski definition) is 6. The number of benzene rings is 2. The Morgan fingerprint density at radius 3 is 2.70 bits per heavy atom. The highest BCUT2D eigenvalue weighted by molar-refractivity contribution is 6.30. The zero-order valence-electron chi connectivity index (χ0n) is 14.5. The van der Waals surface area contributed by atoms with Crippen LogP contribution in [0.5, 0.6) is 11.5 Å². The molecular formula is C19H16ClN3O4. The fourth-order valence-corrected chi connectivity index (χ4v) is 2.83. The molecule has 2 aromatic carbocycles. The van der Waals surface area contributed by atoms with E-state index in [1.807, 2.05) is 12.1 Å². The number of fused-ring (bicyclic) bond motifs is 1. The number of ether oxygens (including phenoxy) is 2. The van der Waals surface area contributed by atoms with Gasteiger partial charge in [-0.2, -0.15) is 4.98 Å². The van der Waals surface area contributed by atoms with Crippen molar-refractivity contribution in [3.05, 3.63) is 59.4 Å². The SMILES string of the molecule is CN(Cc1nc(-c2ccc(Cl)cc2)no1)C(=O)[C@@H]1COc2ccccc2O1. The molecule has 0 unspecified atom stereocenters. The van der Waals surface area contributed by atoms with Crippen molar-refractivity contribution in [2.24, 2.45) is 0 Å². The molecule has 0 aliphatic carbocycles. The van der Waals surface area contributed by atoms with Gasteiger partial charge in [0.2, 0.25) is 17.8 Å². The summed E-state index contributed by atoms with van der Waals surface area (Å²) in [4.78, 5) is 18.4. The average molecular weight is 386 g/mol. The van der Waals surface area contributed by atoms with Crippen LogP contribution < -0.4 is 9.47 Å². The molecule has 1 aliphatic rings. The number of carbonyl (C=O) groups is 1. The van der Waals surface area contributed by atoms with Gasteiger partial charge in [0.1, 0.15) is 6.61 Å². The summed E-state index contributed by atoms with van der Waals surface area (Å²) in [6.45, 7) is 0.320. The van der Waals surface area contributed by atoms with Gasteiger partial charge >= 0.3 is 0 Å². The topological polar surface area (TPSA) is 77.7 Å². The first-order valence-electron chi connectivity index (χ1n) is 8.32. The van der Waals surface area contributed by atoms with Crippen LogP contribution in [0.1, 0.15) is 5.89 Å². The molecular weight excluding hydrogens is 370 g/mol. The number of likely N-dealkylation sites (N-methyl/N-ethyl adjacent to an activating group) is 1. The van der Waals surface area contributed by atoms with Gasteiger partial charge in [0.25, 0.3) is 5.91 Å². The molecule has 0 fully saturated rings. The fourth-order valence-electron chi connectivity index (χ4n) is 2.70. The molecule has 0 bridgehead atoms. The van der Waals surface area contributed by atoms with Gasteiger partial charge in [-0.05, 0) is 36.4 Å². The molecule has 138 valence electrons. The minimum absolute atomic E-state index is 0.153. The van der Waals surface area contributed by atoms with Crippen molar-refractivity contribution in [3.8, 4) is 22.9 Å². The molecule has 27 heavy (non-hydrogen) atoms. The Hall–Kier alpha value is -3.06. The second kappa shape index (κ2) is 7.28. The van der Waals surface area contributed by atoms with Crippen molar-refractivity contribution in [3.63, 3.8) is 0 Å². The maximum Gasteiger partial charge on any atom is 0.267 e. The van der Waals surface area contributed by atoms with E-state index in [0.717, 1.165) is 5.56 Å². The molecule has 0 radical (unpaired) electrons. The Labute approximate surface area is 160 Å². The van der Waals surface area contributed by atoms with E-state index in [1.54, 1.807) is 43.4 Å². The maximum atomic E-state index is 12.6. The number of carbonyl (C=O) groups excluding carboxylic acids is 1. The molecule has 1 aromatic heterocycles. The molecule has 8 heteroatoms. The van der Waals surface area contributed by atoms with Crippen molar-refractivity contribution < 1.29 is 18.8 Å². The van der Waals surface area contributed by atoms with E-state index in [0.29, 0.717) is 28.2 Å². The highest BCUT2D eigenvalue weighted by Crippen LogP contribution is 2.31. The zero-order valence-corrected chi connectivity index (χ0v) is 15.2. The molecule has 3 aromatic rings. The lowest BCUT2D eigenvalue weighted by molar-refractivity contribution is -0.140. The van der Waals surface area contributed by atoms with E-state index in [9.17, 15) is 4.79 Å². The second-order valence-corrected chi connectivity index (χ2v) is 6.51. The number of rotatable bonds is 4. The first kappa shape index (κ1) is 17.4. The Balaban J connectivity index is 1.41. The Morgan fingerprint density at radius 1 is 1.19 bits per heavy atom. The van der Waals surface area contributed by atoms with E-state index in [2.05, 4.69) is 10.1 Å². The van der Waals surface area contributed by atoms with Crippen LogP contribution in [-0.2, 0) is 11.3 Å². The zero-order chi connectivity index (χ0) is 18.8. The van der Waals surface area contributed by atoms with Crippen molar-refractivity contribution in [1.29, 1.82) is 0 Å². The van der Waals surface area contributed by atoms with Crippen LogP contribution in [0.25, 0.3) is 11.4 Å². The number of para-hydroxylation sites is 2. The molecule has 1 atom stereocenters. The molecule has 7 nitrogen and oxygen atoms in total. The highest BCUT2D eigenvalue weighted by Gasteiger charge is 2.30. The number of halogens is 1. The predicted molar refractivity (Wildman–Crippen MR) is 97.6 cm³/mol. The van der Waals surface area contributed by atoms with Crippen molar-refractivity contribution in [2.75, 3.05) is 13.7 Å². The summed E-state index contributed by atoms with van der Waals surface area (Å²) < 4.78 is 16.6. The Kier molecular flexibility index (Phi) is 4.68. The lowest BCUT2D eigenvalue weighted by atomic mass is 10.2. The van der Waals surface area contributed by atoms with Gasteiger partial charge < -0.3 is 18.9 Å². The highest BCUT2D eigenvalue weighted by atomic mass is 35.5. The Morgan fingerprint density at radius 2 is 1.93 bits per heavy atom. The summed E-state index contributed by atoms with van der Waals surface area (Å²) >= 11 is 5.88. The van der Waals surface area contributed by atoms with E-state index in [4.69, 9.17) is 25.6 Å². The molecule has 1 aliphatic heterocycles. The summed E-state index contributed by atoms with van der Waals surface area (Å²) in [5.41, 5.74) is 0.781. The van der Waals surface area contributed by atoms with Gasteiger partial charge in [-0.3, -0.25) is 4.79 Å². The van der Waals surface area contributed by atoms with Crippen LogP contribution in [0.4, 0.5) is 0 Å². The standard InChI is InChI=1S/C19H16ClN3O4/c1-23(19(24)16-11-25-14-4-2-3-5-15(14)26-16)10-17-21-18(22-27-17)12-6-8-13(20)9-7-12/h2-9,16H,10-11H2,1H3/t16-/m0/s1. The van der Waals surface area contributed by atoms with Crippen molar-refractivity contribution >= 4 is 17.5 Å². The molecule has 0 N–H and O–H groups in total. The molecule has 0 saturated heterocycles. The van der Waals surface area contributed by atoms with Crippen LogP contribution in [-0.4, -0.2) is 40.7 Å². The molecule has 4 rings (SSSR count). The Bertz CT molecular complexity index is 958. The monoisotopic (exact) mass is 385 g/mol. The molecule has 0 spiro atoms. The summed E-state index contributed by atoms with van der Waals surface area (Å²) in [5.74, 6) is 1.73. The lowest BCUT2D eigenvalue weighted by Crippen LogP contribution is -2.44. The maximum absolute atomic E-state index is 12.6. The molecule has 2 heterocycles. The third-order valence-electron chi connectivity index (χ3n) is 4.10.